The second-order valence-electron chi connectivity index (χ2n) is 5.16. The van der Waals surface area contributed by atoms with Crippen molar-refractivity contribution in [1.82, 2.24) is 9.88 Å². The molecule has 1 unspecified atom stereocenters. The molecule has 2 aromatic rings. The van der Waals surface area contributed by atoms with E-state index in [9.17, 15) is 9.90 Å². The summed E-state index contributed by atoms with van der Waals surface area (Å²) in [5.41, 5.74) is 1.53. The topological polar surface area (TPSA) is 54.3 Å². The fourth-order valence-corrected chi connectivity index (χ4v) is 1.85. The number of aliphatic hydroxyl groups excluding tert-OH is 1. The molecule has 0 radical (unpaired) electrons. The van der Waals surface area contributed by atoms with Crippen LogP contribution >= 0.6 is 0 Å². The van der Waals surface area contributed by atoms with Gasteiger partial charge in [0.1, 0.15) is 0 Å². The van der Waals surface area contributed by atoms with Crippen molar-refractivity contribution in [3.05, 3.63) is 54.4 Å². The second-order valence-corrected chi connectivity index (χ2v) is 5.16. The summed E-state index contributed by atoms with van der Waals surface area (Å²) in [6.07, 6.45) is 3.34. The van der Waals surface area contributed by atoms with Crippen LogP contribution in [0.1, 0.15) is 24.2 Å². The molecule has 4 heteroatoms. The monoisotopic (exact) mass is 272 g/mol. The lowest BCUT2D eigenvalue weighted by Gasteiger charge is -2.15. The number of rotatable bonds is 5. The molecule has 1 atom stereocenters. The van der Waals surface area contributed by atoms with E-state index in [2.05, 4.69) is 5.32 Å². The molecule has 0 saturated carbocycles. The predicted octanol–water partition coefficient (Wildman–Crippen LogP) is 2.22. The predicted molar refractivity (Wildman–Crippen MR) is 78.9 cm³/mol. The third-order valence-corrected chi connectivity index (χ3v) is 3.25. The van der Waals surface area contributed by atoms with E-state index >= 15 is 0 Å². The van der Waals surface area contributed by atoms with Gasteiger partial charge in [0.15, 0.2) is 0 Å². The molecular formula is C16H20N2O2. The van der Waals surface area contributed by atoms with Gasteiger partial charge in [-0.15, -0.1) is 0 Å². The standard InChI is InChI=1S/C16H20N2O2/c1-12(2)15(19)11-17-16(20)13-6-5-7-14(10-13)18-8-3-4-9-18/h3-10,12,15,19H,11H2,1-2H3,(H,17,20). The van der Waals surface area contributed by atoms with Gasteiger partial charge in [0.25, 0.3) is 5.91 Å². The van der Waals surface area contributed by atoms with Gasteiger partial charge in [-0.3, -0.25) is 4.79 Å². The Morgan fingerprint density at radius 1 is 1.25 bits per heavy atom. The number of benzene rings is 1. The molecule has 0 saturated heterocycles. The Labute approximate surface area is 119 Å². The Hall–Kier alpha value is -2.07. The van der Waals surface area contributed by atoms with E-state index in [1.165, 1.54) is 0 Å². The van der Waals surface area contributed by atoms with Gasteiger partial charge >= 0.3 is 0 Å². The molecule has 0 aliphatic rings. The SMILES string of the molecule is CC(C)C(O)CNC(=O)c1cccc(-n2cccc2)c1. The average molecular weight is 272 g/mol. The molecule has 0 spiro atoms. The molecule has 1 heterocycles. The van der Waals surface area contributed by atoms with Crippen molar-refractivity contribution in [3.8, 4) is 5.69 Å². The lowest BCUT2D eigenvalue weighted by Crippen LogP contribution is -2.34. The van der Waals surface area contributed by atoms with Crippen LogP contribution in [0, 0.1) is 5.92 Å². The molecule has 2 N–H and O–H groups in total. The highest BCUT2D eigenvalue weighted by atomic mass is 16.3. The van der Waals surface area contributed by atoms with E-state index < -0.39 is 6.10 Å². The smallest absolute Gasteiger partial charge is 0.251 e. The number of aromatic nitrogens is 1. The summed E-state index contributed by atoms with van der Waals surface area (Å²) in [4.78, 5) is 12.1. The van der Waals surface area contributed by atoms with E-state index in [1.807, 2.05) is 61.1 Å². The van der Waals surface area contributed by atoms with Crippen molar-refractivity contribution < 1.29 is 9.90 Å². The largest absolute Gasteiger partial charge is 0.391 e. The number of aliphatic hydroxyl groups is 1. The van der Waals surface area contributed by atoms with Crippen molar-refractivity contribution in [3.63, 3.8) is 0 Å². The van der Waals surface area contributed by atoms with Gasteiger partial charge in [-0.05, 0) is 36.2 Å². The molecule has 106 valence electrons. The summed E-state index contributed by atoms with van der Waals surface area (Å²) in [5.74, 6) is -0.0415. The van der Waals surface area contributed by atoms with Crippen molar-refractivity contribution in [2.45, 2.75) is 20.0 Å². The Morgan fingerprint density at radius 2 is 1.95 bits per heavy atom. The van der Waals surface area contributed by atoms with Crippen LogP contribution in [-0.2, 0) is 0 Å². The van der Waals surface area contributed by atoms with Crippen molar-refractivity contribution in [1.29, 1.82) is 0 Å². The zero-order valence-corrected chi connectivity index (χ0v) is 11.8. The fraction of sp³-hybridized carbons (Fsp3) is 0.312. The van der Waals surface area contributed by atoms with Crippen LogP contribution in [0.15, 0.2) is 48.8 Å². The minimum atomic E-state index is -0.522. The molecule has 1 amide bonds. The van der Waals surface area contributed by atoms with Crippen LogP contribution in [0.5, 0.6) is 0 Å². The molecule has 0 bridgehead atoms. The first kappa shape index (κ1) is 14.3. The number of amides is 1. The van der Waals surface area contributed by atoms with Crippen LogP contribution in [-0.4, -0.2) is 28.2 Å². The summed E-state index contributed by atoms with van der Waals surface area (Å²) in [6, 6.07) is 11.3. The normalized spacial score (nSPS) is 12.4. The van der Waals surface area contributed by atoms with Gasteiger partial charge in [-0.2, -0.15) is 0 Å². The Bertz CT molecular complexity index is 562. The Morgan fingerprint density at radius 3 is 2.60 bits per heavy atom. The highest BCUT2D eigenvalue weighted by molar-refractivity contribution is 5.94. The van der Waals surface area contributed by atoms with E-state index in [-0.39, 0.29) is 18.4 Å². The van der Waals surface area contributed by atoms with Gasteiger partial charge in [0.2, 0.25) is 0 Å². The molecule has 0 aliphatic carbocycles. The summed E-state index contributed by atoms with van der Waals surface area (Å²) < 4.78 is 1.94. The van der Waals surface area contributed by atoms with Crippen LogP contribution in [0.3, 0.4) is 0 Å². The van der Waals surface area contributed by atoms with Gasteiger partial charge < -0.3 is 15.0 Å². The van der Waals surface area contributed by atoms with Crippen LogP contribution < -0.4 is 5.32 Å². The summed E-state index contributed by atoms with van der Waals surface area (Å²) in [5, 5.41) is 12.5. The third kappa shape index (κ3) is 3.48. The fourth-order valence-electron chi connectivity index (χ4n) is 1.85. The molecule has 0 aliphatic heterocycles. The maximum absolute atomic E-state index is 12.1. The molecule has 0 fully saturated rings. The Kier molecular flexibility index (Phi) is 4.58. The van der Waals surface area contributed by atoms with Crippen LogP contribution in [0.2, 0.25) is 0 Å². The second kappa shape index (κ2) is 6.39. The summed E-state index contributed by atoms with van der Waals surface area (Å²) in [7, 11) is 0. The van der Waals surface area contributed by atoms with Crippen molar-refractivity contribution in [2.24, 2.45) is 5.92 Å². The zero-order chi connectivity index (χ0) is 14.5. The molecule has 2 rings (SSSR count). The Balaban J connectivity index is 2.05. The first-order chi connectivity index (χ1) is 9.58. The molecular weight excluding hydrogens is 252 g/mol. The lowest BCUT2D eigenvalue weighted by atomic mass is 10.1. The van der Waals surface area contributed by atoms with E-state index in [1.54, 1.807) is 6.07 Å². The molecule has 1 aromatic carbocycles. The highest BCUT2D eigenvalue weighted by Gasteiger charge is 2.12. The van der Waals surface area contributed by atoms with Gasteiger partial charge in [0, 0.05) is 30.2 Å². The van der Waals surface area contributed by atoms with E-state index in [4.69, 9.17) is 0 Å². The van der Waals surface area contributed by atoms with Gasteiger partial charge in [0.05, 0.1) is 6.10 Å². The zero-order valence-electron chi connectivity index (χ0n) is 11.8. The first-order valence-corrected chi connectivity index (χ1v) is 6.77. The van der Waals surface area contributed by atoms with Gasteiger partial charge in [-0.1, -0.05) is 19.9 Å². The average Bonchev–Trinajstić information content (AvgIpc) is 2.98. The first-order valence-electron chi connectivity index (χ1n) is 6.77. The maximum Gasteiger partial charge on any atom is 0.251 e. The van der Waals surface area contributed by atoms with Crippen molar-refractivity contribution >= 4 is 5.91 Å². The summed E-state index contributed by atoms with van der Waals surface area (Å²) >= 11 is 0. The minimum absolute atomic E-state index is 0.126. The lowest BCUT2D eigenvalue weighted by molar-refractivity contribution is 0.0871. The number of hydrogen-bond donors (Lipinski definition) is 2. The molecule has 1 aromatic heterocycles. The summed E-state index contributed by atoms with van der Waals surface area (Å²) in [6.45, 7) is 4.11. The van der Waals surface area contributed by atoms with Crippen LogP contribution in [0.4, 0.5) is 0 Å². The van der Waals surface area contributed by atoms with Gasteiger partial charge in [-0.25, -0.2) is 0 Å². The third-order valence-electron chi connectivity index (χ3n) is 3.25. The van der Waals surface area contributed by atoms with Crippen LogP contribution in [0.25, 0.3) is 5.69 Å². The number of nitrogens with one attached hydrogen (secondary N) is 1. The number of nitrogens with zero attached hydrogens (tertiary/aromatic N) is 1. The number of carbonyl (C=O) groups excluding carboxylic acids is 1. The number of hydrogen-bond acceptors (Lipinski definition) is 2. The molecule has 4 nitrogen and oxygen atoms in total. The molecule has 20 heavy (non-hydrogen) atoms. The quantitative estimate of drug-likeness (QED) is 0.877. The highest BCUT2D eigenvalue weighted by Crippen LogP contribution is 2.11. The van der Waals surface area contributed by atoms with Crippen molar-refractivity contribution in [2.75, 3.05) is 6.54 Å². The number of carbonyl (C=O) groups is 1. The maximum atomic E-state index is 12.1. The minimum Gasteiger partial charge on any atom is -0.391 e. The van der Waals surface area contributed by atoms with E-state index in [0.29, 0.717) is 5.56 Å². The van der Waals surface area contributed by atoms with E-state index in [0.717, 1.165) is 5.69 Å².